The number of hydrogen-bond acceptors (Lipinski definition) is 5. The molecule has 1 atom stereocenters. The van der Waals surface area contributed by atoms with Crippen LogP contribution in [-0.2, 0) is 27.9 Å². The van der Waals surface area contributed by atoms with E-state index in [0.29, 0.717) is 18.2 Å². The minimum absolute atomic E-state index is 0.104. The molecular formula is C27H36N4O3S. The first kappa shape index (κ1) is 25.4. The fraction of sp³-hybridized carbons (Fsp3) is 0.481. The van der Waals surface area contributed by atoms with Crippen molar-refractivity contribution in [1.82, 2.24) is 14.9 Å². The molecular weight excluding hydrogens is 460 g/mol. The molecule has 1 heterocycles. The van der Waals surface area contributed by atoms with Gasteiger partial charge in [-0.1, -0.05) is 69.5 Å². The molecule has 8 heteroatoms. The van der Waals surface area contributed by atoms with Gasteiger partial charge in [-0.15, -0.1) is 0 Å². The van der Waals surface area contributed by atoms with Gasteiger partial charge in [-0.2, -0.15) is 0 Å². The minimum Gasteiger partial charge on any atom is -0.350 e. The number of benzene rings is 2. The highest BCUT2D eigenvalue weighted by Gasteiger charge is 2.32. The third kappa shape index (κ3) is 5.93. The standard InChI is InChI=1S/C27H36N4O3S/c1-19(2)25(29-26-23-15-9-10-16-24(23)35(33,34)30-26)27(32)28-17-20-11-7-8-12-21(20)18-31(3)22-13-5-4-6-14-22/h7-12,15-16,19,22,25H,4-6,13-14,17-18H2,1-3H3,(H,28,32)(H,29,30)/t25-/m0/s1. The van der Waals surface area contributed by atoms with E-state index < -0.39 is 16.1 Å². The number of aliphatic imine (C=N–C) groups is 1. The molecule has 1 aliphatic heterocycles. The van der Waals surface area contributed by atoms with E-state index in [2.05, 4.69) is 39.1 Å². The number of carbonyl (C=O) groups excluding carboxylic acids is 1. The largest absolute Gasteiger partial charge is 0.350 e. The average Bonchev–Trinajstić information content (AvgIpc) is 3.12. The topological polar surface area (TPSA) is 90.9 Å². The van der Waals surface area contributed by atoms with E-state index in [0.717, 1.165) is 12.1 Å². The lowest BCUT2D eigenvalue weighted by Gasteiger charge is -2.31. The van der Waals surface area contributed by atoms with Crippen molar-refractivity contribution >= 4 is 21.8 Å². The molecule has 1 fully saturated rings. The predicted octanol–water partition coefficient (Wildman–Crippen LogP) is 3.83. The lowest BCUT2D eigenvalue weighted by Crippen LogP contribution is -2.38. The molecule has 0 bridgehead atoms. The molecule has 0 saturated heterocycles. The van der Waals surface area contributed by atoms with Crippen molar-refractivity contribution in [3.63, 3.8) is 0 Å². The first-order valence-electron chi connectivity index (χ1n) is 12.5. The lowest BCUT2D eigenvalue weighted by atomic mass is 9.94. The third-order valence-corrected chi connectivity index (χ3v) is 8.42. The molecule has 2 aromatic carbocycles. The molecule has 1 amide bonds. The van der Waals surface area contributed by atoms with Gasteiger partial charge in [0.15, 0.2) is 0 Å². The first-order valence-corrected chi connectivity index (χ1v) is 14.0. The third-order valence-electron chi connectivity index (χ3n) is 7.02. The van der Waals surface area contributed by atoms with Crippen LogP contribution in [0.3, 0.4) is 0 Å². The van der Waals surface area contributed by atoms with Crippen LogP contribution in [0.1, 0.15) is 62.6 Å². The Morgan fingerprint density at radius 1 is 1.06 bits per heavy atom. The Hall–Kier alpha value is -2.71. The van der Waals surface area contributed by atoms with Crippen LogP contribution in [0, 0.1) is 5.92 Å². The van der Waals surface area contributed by atoms with Gasteiger partial charge in [0, 0.05) is 24.7 Å². The van der Waals surface area contributed by atoms with E-state index >= 15 is 0 Å². The Bertz CT molecular complexity index is 1190. The number of fused-ring (bicyclic) bond motifs is 1. The molecule has 4 rings (SSSR count). The highest BCUT2D eigenvalue weighted by molar-refractivity contribution is 7.90. The Kier molecular flexibility index (Phi) is 7.91. The molecule has 2 N–H and O–H groups in total. The van der Waals surface area contributed by atoms with E-state index in [1.54, 1.807) is 24.3 Å². The number of rotatable bonds is 8. The average molecular weight is 497 g/mol. The molecule has 7 nitrogen and oxygen atoms in total. The number of carbonyl (C=O) groups is 1. The zero-order valence-corrected chi connectivity index (χ0v) is 21.6. The monoisotopic (exact) mass is 496 g/mol. The normalized spacial score (nSPS) is 19.5. The fourth-order valence-corrected chi connectivity index (χ4v) is 6.21. The van der Waals surface area contributed by atoms with Gasteiger partial charge in [-0.05, 0) is 49.1 Å². The van der Waals surface area contributed by atoms with Crippen LogP contribution in [-0.4, -0.2) is 44.2 Å². The summed E-state index contributed by atoms with van der Waals surface area (Å²) in [4.78, 5) is 20.4. The fourth-order valence-electron chi connectivity index (χ4n) is 4.97. The molecule has 2 aromatic rings. The summed E-state index contributed by atoms with van der Waals surface area (Å²) in [5.74, 6) is -0.0945. The van der Waals surface area contributed by atoms with Crippen LogP contribution in [0.2, 0.25) is 0 Å². The summed E-state index contributed by atoms with van der Waals surface area (Å²) in [5, 5.41) is 3.05. The zero-order chi connectivity index (χ0) is 25.0. The zero-order valence-electron chi connectivity index (χ0n) is 20.8. The van der Waals surface area contributed by atoms with Crippen LogP contribution in [0.4, 0.5) is 0 Å². The first-order chi connectivity index (χ1) is 16.8. The number of hydrogen-bond donors (Lipinski definition) is 2. The van der Waals surface area contributed by atoms with Crippen LogP contribution < -0.4 is 10.0 Å². The van der Waals surface area contributed by atoms with Crippen molar-refractivity contribution < 1.29 is 13.2 Å². The molecule has 35 heavy (non-hydrogen) atoms. The molecule has 188 valence electrons. The number of nitrogens with zero attached hydrogens (tertiary/aromatic N) is 2. The molecule has 2 aliphatic rings. The van der Waals surface area contributed by atoms with Crippen LogP contribution in [0.25, 0.3) is 0 Å². The SMILES string of the molecule is CC(C)[C@H](N=C1NS(=O)(=O)c2ccccc21)C(=O)NCc1ccccc1CN(C)C1CCCCC1. The smallest absolute Gasteiger partial charge is 0.263 e. The summed E-state index contributed by atoms with van der Waals surface area (Å²) in [6.45, 7) is 5.09. The van der Waals surface area contributed by atoms with Crippen LogP contribution in [0.5, 0.6) is 0 Å². The van der Waals surface area contributed by atoms with E-state index in [1.807, 2.05) is 26.0 Å². The van der Waals surface area contributed by atoms with Crippen molar-refractivity contribution in [3.8, 4) is 0 Å². The van der Waals surface area contributed by atoms with Gasteiger partial charge >= 0.3 is 0 Å². The van der Waals surface area contributed by atoms with Gasteiger partial charge in [0.25, 0.3) is 10.0 Å². The van der Waals surface area contributed by atoms with Gasteiger partial charge in [0.1, 0.15) is 11.9 Å². The predicted molar refractivity (Wildman–Crippen MR) is 139 cm³/mol. The lowest BCUT2D eigenvalue weighted by molar-refractivity contribution is -0.123. The number of amides is 1. The maximum Gasteiger partial charge on any atom is 0.263 e. The Balaban J connectivity index is 1.46. The van der Waals surface area contributed by atoms with E-state index in [1.165, 1.54) is 37.7 Å². The maximum atomic E-state index is 13.2. The molecule has 0 radical (unpaired) electrons. The number of nitrogens with one attached hydrogen (secondary N) is 2. The second-order valence-electron chi connectivity index (χ2n) is 9.96. The number of amidine groups is 1. The molecule has 0 spiro atoms. The summed E-state index contributed by atoms with van der Waals surface area (Å²) in [5.41, 5.74) is 2.80. The second kappa shape index (κ2) is 10.9. The van der Waals surface area contributed by atoms with E-state index in [9.17, 15) is 13.2 Å². The summed E-state index contributed by atoms with van der Waals surface area (Å²) in [7, 11) is -1.46. The van der Waals surface area contributed by atoms with Gasteiger partial charge in [-0.3, -0.25) is 19.4 Å². The van der Waals surface area contributed by atoms with Gasteiger partial charge in [-0.25, -0.2) is 8.42 Å². The van der Waals surface area contributed by atoms with Crippen molar-refractivity contribution in [2.24, 2.45) is 10.9 Å². The summed E-state index contributed by atoms with van der Waals surface area (Å²) < 4.78 is 27.4. The minimum atomic E-state index is -3.65. The van der Waals surface area contributed by atoms with Crippen LogP contribution in [0.15, 0.2) is 58.4 Å². The highest BCUT2D eigenvalue weighted by atomic mass is 32.2. The molecule has 1 aliphatic carbocycles. The summed E-state index contributed by atoms with van der Waals surface area (Å²) in [6, 6.07) is 14.8. The second-order valence-corrected chi connectivity index (χ2v) is 11.6. The van der Waals surface area contributed by atoms with E-state index in [-0.39, 0.29) is 22.6 Å². The summed E-state index contributed by atoms with van der Waals surface area (Å²) >= 11 is 0. The number of sulfonamides is 1. The van der Waals surface area contributed by atoms with Gasteiger partial charge < -0.3 is 5.32 Å². The van der Waals surface area contributed by atoms with Crippen LogP contribution >= 0.6 is 0 Å². The van der Waals surface area contributed by atoms with Crippen molar-refractivity contribution in [1.29, 1.82) is 0 Å². The summed E-state index contributed by atoms with van der Waals surface area (Å²) in [6.07, 6.45) is 6.43. The van der Waals surface area contributed by atoms with E-state index in [4.69, 9.17) is 0 Å². The van der Waals surface area contributed by atoms with Crippen molar-refractivity contribution in [3.05, 3.63) is 65.2 Å². The molecule has 0 aromatic heterocycles. The molecule has 0 unspecified atom stereocenters. The quantitative estimate of drug-likeness (QED) is 0.581. The Morgan fingerprint density at radius 2 is 1.71 bits per heavy atom. The Morgan fingerprint density at radius 3 is 2.43 bits per heavy atom. The van der Waals surface area contributed by atoms with Crippen molar-refractivity contribution in [2.45, 2.75) is 76.0 Å². The molecule has 1 saturated carbocycles. The highest BCUT2D eigenvalue weighted by Crippen LogP contribution is 2.25. The maximum absolute atomic E-state index is 13.2. The van der Waals surface area contributed by atoms with Crippen molar-refractivity contribution in [2.75, 3.05) is 7.05 Å². The van der Waals surface area contributed by atoms with Gasteiger partial charge in [0.05, 0.1) is 4.90 Å². The van der Waals surface area contributed by atoms with Gasteiger partial charge in [0.2, 0.25) is 5.91 Å². The Labute approximate surface area is 209 Å².